The third-order valence-corrected chi connectivity index (χ3v) is 14.5. The number of Topliss-reactive ketones (excluding diaryl/α,β-unsaturated/α-hetero) is 1. The number of ether oxygens (including phenoxy) is 2. The topological polar surface area (TPSA) is 168 Å². The molecule has 316 valence electrons. The summed E-state index contributed by atoms with van der Waals surface area (Å²) >= 11 is 0. The molecule has 1 aromatic rings. The molecule has 0 heterocycles. The molecule has 3 saturated carbocycles. The molecule has 0 spiro atoms. The molecule has 3 fully saturated rings. The maximum Gasteiger partial charge on any atom is 0.309 e. The van der Waals surface area contributed by atoms with E-state index < -0.39 is 53.7 Å². The number of aliphatic hydroxyl groups excluding tert-OH is 3. The molecule has 0 unspecified atom stereocenters. The number of rotatable bonds is 17. The summed E-state index contributed by atoms with van der Waals surface area (Å²) in [7, 11) is 0. The van der Waals surface area contributed by atoms with Gasteiger partial charge in [-0.05, 0) is 106 Å². The molecule has 5 aliphatic carbocycles. The number of allylic oxidation sites excluding steroid dienone is 6. The van der Waals surface area contributed by atoms with Gasteiger partial charge in [-0.15, -0.1) is 0 Å². The zero-order chi connectivity index (χ0) is 41.5. The van der Waals surface area contributed by atoms with Crippen molar-refractivity contribution in [1.29, 1.82) is 0 Å². The standard InChI is InChI=1S/C48H64O10/c1-46-26-22-35(50)29-33(46)17-20-38-39(46)23-27-47(2)40(38)14-10-25-48(47,56)43(53)31-58-45(55)24-28-57-44(54)15-9-4-3-8-13-36-37(42(52)30-41(36)51)21-19-34(49)18-16-32-11-6-5-7-12-32/h3,5-8,11-12,19,21,23,29,34,36-38,40-42,49,51-52,56H,4,9-10,13-18,20,22,24-28,30-31H2,1-2H3/b8-3-,21-19+/t34-,36+,37+,38+,40-,41-,42+,46-,47-,48-/m0/s1. The lowest BCUT2D eigenvalue weighted by Crippen LogP contribution is -2.62. The van der Waals surface area contributed by atoms with Crippen molar-refractivity contribution < 1.29 is 49.1 Å². The number of hydrogen-bond acceptors (Lipinski definition) is 10. The third kappa shape index (κ3) is 9.67. The Labute approximate surface area is 343 Å². The molecule has 0 saturated heterocycles. The quantitative estimate of drug-likeness (QED) is 0.0763. The molecular weight excluding hydrogens is 737 g/mol. The van der Waals surface area contributed by atoms with Gasteiger partial charge in [0, 0.05) is 36.0 Å². The number of aliphatic hydroxyl groups is 4. The molecule has 10 nitrogen and oxygen atoms in total. The molecule has 0 bridgehead atoms. The van der Waals surface area contributed by atoms with Gasteiger partial charge in [-0.1, -0.05) is 85.7 Å². The van der Waals surface area contributed by atoms with Crippen LogP contribution < -0.4 is 0 Å². The van der Waals surface area contributed by atoms with E-state index in [9.17, 15) is 39.6 Å². The predicted molar refractivity (Wildman–Crippen MR) is 219 cm³/mol. The summed E-state index contributed by atoms with van der Waals surface area (Å²) in [5.74, 6) is -1.49. The summed E-state index contributed by atoms with van der Waals surface area (Å²) in [6.45, 7) is 3.56. The highest BCUT2D eigenvalue weighted by Crippen LogP contribution is 2.64. The van der Waals surface area contributed by atoms with Crippen molar-refractivity contribution in [2.45, 2.75) is 140 Å². The van der Waals surface area contributed by atoms with Crippen LogP contribution in [0.25, 0.3) is 0 Å². The SMILES string of the molecule is C[C@]12CCC(=O)C=C1CC[C@@H]1C2=CC[C@@]2(C)[C@H]1CCC[C@]2(O)C(=O)COC(=O)CCOC(=O)CCC/C=C\C[C@@H]1[C@@H](/C=C/[C@@H](O)CCc2ccccc2)[C@H](O)C[C@@H]1O. The summed E-state index contributed by atoms with van der Waals surface area (Å²) < 4.78 is 10.6. The Bertz CT molecular complexity index is 1760. The maximum atomic E-state index is 13.7. The molecule has 0 aliphatic heterocycles. The number of hydrogen-bond donors (Lipinski definition) is 4. The first kappa shape index (κ1) is 43.9. The largest absolute Gasteiger partial charge is 0.465 e. The van der Waals surface area contributed by atoms with Crippen LogP contribution >= 0.6 is 0 Å². The normalized spacial score (nSPS) is 33.8. The highest BCUT2D eigenvalue weighted by atomic mass is 16.6. The van der Waals surface area contributed by atoms with Gasteiger partial charge < -0.3 is 29.9 Å². The third-order valence-electron chi connectivity index (χ3n) is 14.5. The van der Waals surface area contributed by atoms with E-state index in [0.717, 1.165) is 37.7 Å². The Morgan fingerprint density at radius 3 is 2.53 bits per heavy atom. The van der Waals surface area contributed by atoms with E-state index in [0.29, 0.717) is 51.4 Å². The number of carbonyl (C=O) groups excluding carboxylic acids is 4. The van der Waals surface area contributed by atoms with Gasteiger partial charge in [-0.3, -0.25) is 19.2 Å². The first-order valence-corrected chi connectivity index (χ1v) is 21.7. The van der Waals surface area contributed by atoms with Gasteiger partial charge in [0.05, 0.1) is 24.7 Å². The van der Waals surface area contributed by atoms with Crippen molar-refractivity contribution in [3.8, 4) is 0 Å². The molecule has 5 aliphatic rings. The van der Waals surface area contributed by atoms with Crippen molar-refractivity contribution in [3.05, 3.63) is 83.5 Å². The highest BCUT2D eigenvalue weighted by Gasteiger charge is 2.62. The Morgan fingerprint density at radius 1 is 0.966 bits per heavy atom. The fraction of sp³-hybridized carbons (Fsp3) is 0.625. The average Bonchev–Trinajstić information content (AvgIpc) is 3.47. The number of ketones is 2. The first-order chi connectivity index (χ1) is 27.7. The number of carbonyl (C=O) groups is 4. The number of esters is 2. The van der Waals surface area contributed by atoms with Gasteiger partial charge in [0.25, 0.3) is 0 Å². The van der Waals surface area contributed by atoms with Gasteiger partial charge in [0.15, 0.2) is 12.4 Å². The van der Waals surface area contributed by atoms with Gasteiger partial charge in [-0.25, -0.2) is 0 Å². The second kappa shape index (κ2) is 19.1. The lowest BCUT2D eigenvalue weighted by atomic mass is 9.45. The summed E-state index contributed by atoms with van der Waals surface area (Å²) in [6, 6.07) is 9.95. The van der Waals surface area contributed by atoms with Crippen LogP contribution in [-0.2, 0) is 35.1 Å². The smallest absolute Gasteiger partial charge is 0.309 e. The minimum absolute atomic E-state index is 0.113. The van der Waals surface area contributed by atoms with Crippen molar-refractivity contribution in [2.75, 3.05) is 13.2 Å². The highest BCUT2D eigenvalue weighted by molar-refractivity contribution is 5.92. The predicted octanol–water partition coefficient (Wildman–Crippen LogP) is 6.63. The number of unbranched alkanes of at least 4 members (excludes halogenated alkanes) is 1. The van der Waals surface area contributed by atoms with Crippen LogP contribution in [0.5, 0.6) is 0 Å². The molecule has 4 N–H and O–H groups in total. The zero-order valence-electron chi connectivity index (χ0n) is 34.4. The molecule has 10 atom stereocenters. The van der Waals surface area contributed by atoms with Gasteiger partial charge in [0.2, 0.25) is 5.78 Å². The molecule has 6 rings (SSSR count). The van der Waals surface area contributed by atoms with Crippen molar-refractivity contribution in [3.63, 3.8) is 0 Å². The van der Waals surface area contributed by atoms with Crippen LogP contribution in [0.3, 0.4) is 0 Å². The summed E-state index contributed by atoms with van der Waals surface area (Å²) in [6.07, 6.45) is 18.4. The van der Waals surface area contributed by atoms with Gasteiger partial charge >= 0.3 is 11.9 Å². The molecule has 1 aromatic carbocycles. The van der Waals surface area contributed by atoms with E-state index in [1.165, 1.54) is 11.1 Å². The van der Waals surface area contributed by atoms with E-state index in [4.69, 9.17) is 9.47 Å². The molecule has 58 heavy (non-hydrogen) atoms. The van der Waals surface area contributed by atoms with E-state index in [1.807, 2.05) is 61.6 Å². The van der Waals surface area contributed by atoms with E-state index in [1.54, 1.807) is 6.08 Å². The Morgan fingerprint density at radius 2 is 1.74 bits per heavy atom. The summed E-state index contributed by atoms with van der Waals surface area (Å²) in [4.78, 5) is 50.8. The fourth-order valence-corrected chi connectivity index (χ4v) is 11.0. The fourth-order valence-electron chi connectivity index (χ4n) is 11.0. The van der Waals surface area contributed by atoms with Gasteiger partial charge in [0.1, 0.15) is 12.2 Å². The van der Waals surface area contributed by atoms with Crippen molar-refractivity contribution in [1.82, 2.24) is 0 Å². The van der Waals surface area contributed by atoms with Crippen LogP contribution in [0, 0.1) is 34.5 Å². The first-order valence-electron chi connectivity index (χ1n) is 21.7. The number of fused-ring (bicyclic) bond motifs is 5. The second-order valence-corrected chi connectivity index (χ2v) is 18.0. The Balaban J connectivity index is 0.879. The van der Waals surface area contributed by atoms with Crippen molar-refractivity contribution in [2.24, 2.45) is 34.5 Å². The van der Waals surface area contributed by atoms with Crippen LogP contribution in [0.2, 0.25) is 0 Å². The molecular formula is C48H64O10. The van der Waals surface area contributed by atoms with Crippen LogP contribution in [0.1, 0.15) is 116 Å². The molecule has 0 radical (unpaired) electrons. The second-order valence-electron chi connectivity index (χ2n) is 18.0. The van der Waals surface area contributed by atoms with E-state index in [2.05, 4.69) is 13.0 Å². The lowest BCUT2D eigenvalue weighted by Gasteiger charge is -2.60. The molecule has 0 amide bonds. The minimum Gasteiger partial charge on any atom is -0.465 e. The van der Waals surface area contributed by atoms with Crippen LogP contribution in [0.4, 0.5) is 0 Å². The van der Waals surface area contributed by atoms with Crippen LogP contribution in [0.15, 0.2) is 77.9 Å². The zero-order valence-corrected chi connectivity index (χ0v) is 34.4. The maximum absolute atomic E-state index is 13.7. The number of aryl methyl sites for hydroxylation is 1. The minimum atomic E-state index is -1.62. The monoisotopic (exact) mass is 800 g/mol. The van der Waals surface area contributed by atoms with Gasteiger partial charge in [-0.2, -0.15) is 0 Å². The Hall–Kier alpha value is -3.70. The summed E-state index contributed by atoms with van der Waals surface area (Å²) in [5, 5.41) is 43.7. The lowest BCUT2D eigenvalue weighted by molar-refractivity contribution is -0.181. The molecule has 10 heteroatoms. The van der Waals surface area contributed by atoms with E-state index in [-0.39, 0.29) is 60.7 Å². The number of benzene rings is 1. The van der Waals surface area contributed by atoms with E-state index >= 15 is 0 Å². The Kier molecular flexibility index (Phi) is 14.5. The van der Waals surface area contributed by atoms with Crippen molar-refractivity contribution >= 4 is 23.5 Å². The average molecular weight is 801 g/mol. The van der Waals surface area contributed by atoms with Crippen LogP contribution in [-0.4, -0.2) is 81.1 Å². The summed E-state index contributed by atoms with van der Waals surface area (Å²) in [5.41, 5.74) is 1.27. The molecule has 0 aromatic heterocycles.